The summed E-state index contributed by atoms with van der Waals surface area (Å²) < 4.78 is 5.81. The Labute approximate surface area is 105 Å². The first-order chi connectivity index (χ1) is 8.22. The zero-order chi connectivity index (χ0) is 12.5. The molecule has 0 aliphatic heterocycles. The summed E-state index contributed by atoms with van der Waals surface area (Å²) in [6.45, 7) is 5.05. The monoisotopic (exact) mass is 235 g/mol. The van der Waals surface area contributed by atoms with E-state index in [0.717, 1.165) is 17.7 Å². The fraction of sp³-hybridized carbons (Fsp3) is 0.600. The van der Waals surface area contributed by atoms with Crippen LogP contribution in [0.15, 0.2) is 24.3 Å². The Morgan fingerprint density at radius 2 is 2.06 bits per heavy atom. The topological polar surface area (TPSA) is 35.2 Å². The third-order valence-electron chi connectivity index (χ3n) is 2.95. The third-order valence-corrected chi connectivity index (χ3v) is 2.95. The summed E-state index contributed by atoms with van der Waals surface area (Å²) in [5.41, 5.74) is 7.69. The van der Waals surface area contributed by atoms with E-state index in [-0.39, 0.29) is 0 Å². The van der Waals surface area contributed by atoms with Gasteiger partial charge in [-0.15, -0.1) is 0 Å². The Bertz CT molecular complexity index is 312. The number of hydrogen-bond donors (Lipinski definition) is 1. The molecule has 1 rings (SSSR count). The first-order valence-electron chi connectivity index (χ1n) is 6.68. The number of ether oxygens (including phenoxy) is 1. The lowest BCUT2D eigenvalue weighted by atomic mass is 10.1. The molecule has 2 N–H and O–H groups in total. The molecule has 17 heavy (non-hydrogen) atoms. The number of hydrogen-bond acceptors (Lipinski definition) is 2. The van der Waals surface area contributed by atoms with Crippen LogP contribution >= 0.6 is 0 Å². The highest BCUT2D eigenvalue weighted by atomic mass is 16.5. The zero-order valence-corrected chi connectivity index (χ0v) is 11.1. The predicted molar refractivity (Wildman–Crippen MR) is 73.9 cm³/mol. The van der Waals surface area contributed by atoms with E-state index in [2.05, 4.69) is 19.9 Å². The van der Waals surface area contributed by atoms with Crippen molar-refractivity contribution in [2.45, 2.75) is 58.7 Å². The van der Waals surface area contributed by atoms with Crippen LogP contribution in [-0.4, -0.2) is 6.10 Å². The minimum atomic E-state index is 0.341. The van der Waals surface area contributed by atoms with Gasteiger partial charge < -0.3 is 10.5 Å². The molecule has 1 unspecified atom stereocenters. The molecular weight excluding hydrogens is 210 g/mol. The lowest BCUT2D eigenvalue weighted by Gasteiger charge is -2.13. The van der Waals surface area contributed by atoms with E-state index in [1.807, 2.05) is 18.2 Å². The Morgan fingerprint density at radius 3 is 2.76 bits per heavy atom. The molecule has 0 aliphatic rings. The second-order valence-electron chi connectivity index (χ2n) is 4.72. The van der Waals surface area contributed by atoms with Crippen molar-refractivity contribution in [3.05, 3.63) is 29.8 Å². The average molecular weight is 235 g/mol. The Morgan fingerprint density at radius 1 is 1.24 bits per heavy atom. The minimum Gasteiger partial charge on any atom is -0.399 e. The largest absolute Gasteiger partial charge is 0.399 e. The van der Waals surface area contributed by atoms with Gasteiger partial charge in [0.15, 0.2) is 0 Å². The van der Waals surface area contributed by atoms with Gasteiger partial charge in [-0.1, -0.05) is 44.7 Å². The van der Waals surface area contributed by atoms with E-state index in [9.17, 15) is 0 Å². The number of benzene rings is 1. The van der Waals surface area contributed by atoms with Crippen LogP contribution in [0.2, 0.25) is 0 Å². The molecule has 2 nitrogen and oxygen atoms in total. The Balaban J connectivity index is 2.17. The highest BCUT2D eigenvalue weighted by Gasteiger charge is 2.02. The van der Waals surface area contributed by atoms with Crippen LogP contribution < -0.4 is 5.73 Å². The van der Waals surface area contributed by atoms with Gasteiger partial charge in [0.05, 0.1) is 12.7 Å². The van der Waals surface area contributed by atoms with E-state index < -0.39 is 0 Å². The van der Waals surface area contributed by atoms with Crippen molar-refractivity contribution in [1.82, 2.24) is 0 Å². The molecule has 0 amide bonds. The van der Waals surface area contributed by atoms with E-state index in [0.29, 0.717) is 12.7 Å². The van der Waals surface area contributed by atoms with Crippen LogP contribution in [0.4, 0.5) is 5.69 Å². The van der Waals surface area contributed by atoms with Gasteiger partial charge in [-0.25, -0.2) is 0 Å². The number of nitrogen functional groups attached to an aromatic ring is 1. The normalized spacial score (nSPS) is 12.6. The zero-order valence-electron chi connectivity index (χ0n) is 11.1. The summed E-state index contributed by atoms with van der Waals surface area (Å²) in [6.07, 6.45) is 6.71. The third kappa shape index (κ3) is 6.32. The Hall–Kier alpha value is -1.02. The van der Waals surface area contributed by atoms with Gasteiger partial charge in [-0.3, -0.25) is 0 Å². The van der Waals surface area contributed by atoms with Crippen molar-refractivity contribution in [3.63, 3.8) is 0 Å². The van der Waals surface area contributed by atoms with Gasteiger partial charge in [-0.2, -0.15) is 0 Å². The fourth-order valence-corrected chi connectivity index (χ4v) is 1.86. The molecule has 2 heteroatoms. The lowest BCUT2D eigenvalue weighted by Crippen LogP contribution is -2.08. The van der Waals surface area contributed by atoms with Crippen LogP contribution in [0.5, 0.6) is 0 Å². The average Bonchev–Trinajstić information content (AvgIpc) is 2.32. The van der Waals surface area contributed by atoms with Crippen LogP contribution in [0.25, 0.3) is 0 Å². The molecule has 0 spiro atoms. The molecule has 0 fully saturated rings. The molecule has 0 bridgehead atoms. The smallest absolute Gasteiger partial charge is 0.0721 e. The van der Waals surface area contributed by atoms with Crippen LogP contribution in [0.1, 0.15) is 51.5 Å². The molecule has 0 saturated carbocycles. The van der Waals surface area contributed by atoms with Gasteiger partial charge in [0.1, 0.15) is 0 Å². The van der Waals surface area contributed by atoms with Crippen LogP contribution in [-0.2, 0) is 11.3 Å². The number of anilines is 1. The summed E-state index contributed by atoms with van der Waals surface area (Å²) in [5, 5.41) is 0. The molecular formula is C15H25NO. The van der Waals surface area contributed by atoms with Crippen molar-refractivity contribution in [2.24, 2.45) is 0 Å². The summed E-state index contributed by atoms with van der Waals surface area (Å²) in [5.74, 6) is 0. The lowest BCUT2D eigenvalue weighted by molar-refractivity contribution is 0.0459. The summed E-state index contributed by atoms with van der Waals surface area (Å²) in [4.78, 5) is 0. The van der Waals surface area contributed by atoms with Crippen LogP contribution in [0, 0.1) is 0 Å². The minimum absolute atomic E-state index is 0.341. The molecule has 1 aromatic rings. The number of rotatable bonds is 8. The second-order valence-corrected chi connectivity index (χ2v) is 4.72. The fourth-order valence-electron chi connectivity index (χ4n) is 1.86. The maximum absolute atomic E-state index is 5.81. The quantitative estimate of drug-likeness (QED) is 0.543. The maximum Gasteiger partial charge on any atom is 0.0721 e. The molecule has 1 atom stereocenters. The van der Waals surface area contributed by atoms with Crippen molar-refractivity contribution in [1.29, 1.82) is 0 Å². The van der Waals surface area contributed by atoms with E-state index in [4.69, 9.17) is 10.5 Å². The standard InChI is InChI=1S/C15H25NO/c1-3-4-5-6-8-13(2)17-12-14-9-7-10-15(16)11-14/h7,9-11,13H,3-6,8,12,16H2,1-2H3. The van der Waals surface area contributed by atoms with Gasteiger partial charge in [0, 0.05) is 5.69 Å². The molecule has 96 valence electrons. The van der Waals surface area contributed by atoms with Crippen molar-refractivity contribution in [3.8, 4) is 0 Å². The van der Waals surface area contributed by atoms with Crippen molar-refractivity contribution >= 4 is 5.69 Å². The van der Waals surface area contributed by atoms with Crippen LogP contribution in [0.3, 0.4) is 0 Å². The summed E-state index contributed by atoms with van der Waals surface area (Å²) in [6, 6.07) is 7.90. The SMILES string of the molecule is CCCCCCC(C)OCc1cccc(N)c1. The van der Waals surface area contributed by atoms with Gasteiger partial charge in [-0.05, 0) is 31.0 Å². The van der Waals surface area contributed by atoms with E-state index in [1.54, 1.807) is 0 Å². The molecule has 0 heterocycles. The van der Waals surface area contributed by atoms with E-state index >= 15 is 0 Å². The first-order valence-corrected chi connectivity index (χ1v) is 6.68. The van der Waals surface area contributed by atoms with Gasteiger partial charge >= 0.3 is 0 Å². The van der Waals surface area contributed by atoms with Gasteiger partial charge in [0.2, 0.25) is 0 Å². The van der Waals surface area contributed by atoms with E-state index in [1.165, 1.54) is 25.7 Å². The van der Waals surface area contributed by atoms with Crippen molar-refractivity contribution in [2.75, 3.05) is 5.73 Å². The summed E-state index contributed by atoms with van der Waals surface area (Å²) in [7, 11) is 0. The predicted octanol–water partition coefficient (Wildman–Crippen LogP) is 4.14. The maximum atomic E-state index is 5.81. The van der Waals surface area contributed by atoms with Gasteiger partial charge in [0.25, 0.3) is 0 Å². The highest BCUT2D eigenvalue weighted by Crippen LogP contribution is 2.12. The molecule has 1 aromatic carbocycles. The first kappa shape index (κ1) is 14.0. The van der Waals surface area contributed by atoms with Crippen molar-refractivity contribution < 1.29 is 4.74 Å². The molecule has 0 saturated heterocycles. The number of unbranched alkanes of at least 4 members (excludes halogenated alkanes) is 3. The molecule has 0 aromatic heterocycles. The Kier molecular flexibility index (Phi) is 6.71. The molecule has 0 aliphatic carbocycles. The second kappa shape index (κ2) is 8.13. The molecule has 0 radical (unpaired) electrons. The number of nitrogens with two attached hydrogens (primary N) is 1. The summed E-state index contributed by atoms with van der Waals surface area (Å²) >= 11 is 0. The highest BCUT2D eigenvalue weighted by molar-refractivity contribution is 5.40.